The maximum Gasteiger partial charge on any atom is 0.258 e. The second kappa shape index (κ2) is 7.11. The summed E-state index contributed by atoms with van der Waals surface area (Å²) in [5.74, 6) is 0.304. The largest absolute Gasteiger partial charge is 0.296 e. The van der Waals surface area contributed by atoms with E-state index >= 15 is 0 Å². The molecule has 0 atom stereocenters. The minimum atomic E-state index is -0.103. The number of aromatic nitrogens is 3. The van der Waals surface area contributed by atoms with E-state index in [-0.39, 0.29) is 5.91 Å². The van der Waals surface area contributed by atoms with E-state index in [0.29, 0.717) is 11.0 Å². The summed E-state index contributed by atoms with van der Waals surface area (Å²) in [4.78, 5) is 17.9. The molecule has 0 spiro atoms. The van der Waals surface area contributed by atoms with Crippen molar-refractivity contribution in [2.24, 2.45) is 0 Å². The molecule has 2 aromatic heterocycles. The molecule has 1 aliphatic carbocycles. The molecule has 1 amide bonds. The van der Waals surface area contributed by atoms with Crippen LogP contribution in [0.5, 0.6) is 0 Å². The Morgan fingerprint density at radius 3 is 2.81 bits per heavy atom. The highest BCUT2D eigenvalue weighted by Crippen LogP contribution is 2.32. The number of fused-ring (bicyclic) bond motifs is 2. The summed E-state index contributed by atoms with van der Waals surface area (Å²) in [6.45, 7) is 4.31. The Morgan fingerprint density at radius 2 is 2.00 bits per heavy atom. The topological polar surface area (TPSA) is 67.8 Å². The highest BCUT2D eigenvalue weighted by atomic mass is 32.1. The van der Waals surface area contributed by atoms with Gasteiger partial charge in [-0.25, -0.2) is 0 Å². The molecule has 1 aromatic carbocycles. The number of carbonyl (C=O) groups excluding carboxylic acids is 1. The SMILES string of the molecule is CCC(CC)c1nnc(NC(=O)c2c3c(nc4ccccc24)CCC3)s1. The summed E-state index contributed by atoms with van der Waals surface area (Å²) < 4.78 is 0. The summed E-state index contributed by atoms with van der Waals surface area (Å²) in [6.07, 6.45) is 4.96. The summed E-state index contributed by atoms with van der Waals surface area (Å²) in [5, 5.41) is 13.9. The zero-order valence-electron chi connectivity index (χ0n) is 15.1. The van der Waals surface area contributed by atoms with Crippen LogP contribution >= 0.6 is 11.3 Å². The average molecular weight is 366 g/mol. The van der Waals surface area contributed by atoms with Crippen LogP contribution in [0.25, 0.3) is 10.9 Å². The van der Waals surface area contributed by atoms with Gasteiger partial charge < -0.3 is 0 Å². The standard InChI is InChI=1S/C20H22N4OS/c1-3-12(4-2)19-23-24-20(26-19)22-18(25)17-13-8-5-6-10-15(13)21-16-11-7-9-14(16)17/h5-6,8,10,12H,3-4,7,9,11H2,1-2H3,(H,22,24,25). The lowest BCUT2D eigenvalue weighted by molar-refractivity contribution is 0.102. The van der Waals surface area contributed by atoms with Gasteiger partial charge in [0.05, 0.1) is 11.1 Å². The first-order valence-corrected chi connectivity index (χ1v) is 10.1. The van der Waals surface area contributed by atoms with Crippen molar-refractivity contribution in [3.8, 4) is 0 Å². The van der Waals surface area contributed by atoms with Gasteiger partial charge in [-0.05, 0) is 43.7 Å². The number of nitrogens with zero attached hydrogens (tertiary/aromatic N) is 3. The lowest BCUT2D eigenvalue weighted by atomic mass is 10.0. The number of para-hydroxylation sites is 1. The minimum absolute atomic E-state index is 0.103. The van der Waals surface area contributed by atoms with E-state index in [1.807, 2.05) is 24.3 Å². The van der Waals surface area contributed by atoms with E-state index in [4.69, 9.17) is 4.98 Å². The van der Waals surface area contributed by atoms with Gasteiger partial charge in [-0.1, -0.05) is 43.4 Å². The number of nitrogens with one attached hydrogen (secondary N) is 1. The smallest absolute Gasteiger partial charge is 0.258 e. The van der Waals surface area contributed by atoms with Crippen LogP contribution in [0.1, 0.15) is 65.7 Å². The molecule has 0 unspecified atom stereocenters. The molecule has 5 nitrogen and oxygen atoms in total. The number of amides is 1. The Kier molecular flexibility index (Phi) is 4.68. The van der Waals surface area contributed by atoms with Crippen LogP contribution in [-0.2, 0) is 12.8 Å². The number of pyridine rings is 1. The maximum absolute atomic E-state index is 13.1. The molecule has 0 fully saturated rings. The molecule has 0 saturated carbocycles. The van der Waals surface area contributed by atoms with Crippen LogP contribution < -0.4 is 5.32 Å². The fraction of sp³-hybridized carbons (Fsp3) is 0.400. The molecule has 3 aromatic rings. The van der Waals surface area contributed by atoms with Crippen molar-refractivity contribution in [1.82, 2.24) is 15.2 Å². The van der Waals surface area contributed by atoms with E-state index < -0.39 is 0 Å². The quantitative estimate of drug-likeness (QED) is 0.709. The van der Waals surface area contributed by atoms with Crippen LogP contribution in [0.4, 0.5) is 5.13 Å². The van der Waals surface area contributed by atoms with Crippen LogP contribution in [0.15, 0.2) is 24.3 Å². The zero-order valence-corrected chi connectivity index (χ0v) is 15.9. The van der Waals surface area contributed by atoms with Crippen LogP contribution in [0.2, 0.25) is 0 Å². The van der Waals surface area contributed by atoms with Crippen molar-refractivity contribution in [1.29, 1.82) is 0 Å². The number of rotatable bonds is 5. The Balaban J connectivity index is 1.69. The first kappa shape index (κ1) is 17.1. The lowest BCUT2D eigenvalue weighted by Crippen LogP contribution is -2.15. The van der Waals surface area contributed by atoms with Crippen LogP contribution in [0.3, 0.4) is 0 Å². The summed E-state index contributed by atoms with van der Waals surface area (Å²) in [6, 6.07) is 7.87. The summed E-state index contributed by atoms with van der Waals surface area (Å²) in [5.41, 5.74) is 3.78. The number of hydrogen-bond donors (Lipinski definition) is 1. The Labute approximate surface area is 156 Å². The molecule has 0 bridgehead atoms. The predicted octanol–water partition coefficient (Wildman–Crippen LogP) is 4.73. The molecule has 1 aliphatic rings. The number of carbonyl (C=O) groups is 1. The van der Waals surface area contributed by atoms with Gasteiger partial charge in [0.15, 0.2) is 0 Å². The molecule has 2 heterocycles. The number of benzene rings is 1. The lowest BCUT2D eigenvalue weighted by Gasteiger charge is -2.11. The third-order valence-corrected chi connectivity index (χ3v) is 6.14. The first-order valence-electron chi connectivity index (χ1n) is 9.26. The van der Waals surface area contributed by atoms with Crippen LogP contribution in [-0.4, -0.2) is 21.1 Å². The fourth-order valence-electron chi connectivity index (χ4n) is 3.72. The summed E-state index contributed by atoms with van der Waals surface area (Å²) in [7, 11) is 0. The Hall–Kier alpha value is -2.34. The molecule has 1 N–H and O–H groups in total. The van der Waals surface area contributed by atoms with Gasteiger partial charge in [0.1, 0.15) is 5.01 Å². The number of hydrogen-bond acceptors (Lipinski definition) is 5. The second-order valence-electron chi connectivity index (χ2n) is 6.70. The van der Waals surface area contributed by atoms with Crippen LogP contribution in [0, 0.1) is 0 Å². The van der Waals surface area contributed by atoms with Crippen molar-refractivity contribution >= 4 is 33.3 Å². The zero-order chi connectivity index (χ0) is 18.1. The molecule has 0 radical (unpaired) electrons. The summed E-state index contributed by atoms with van der Waals surface area (Å²) >= 11 is 1.48. The fourth-order valence-corrected chi connectivity index (χ4v) is 4.72. The Morgan fingerprint density at radius 1 is 1.19 bits per heavy atom. The van der Waals surface area contributed by atoms with Gasteiger partial charge >= 0.3 is 0 Å². The predicted molar refractivity (Wildman–Crippen MR) is 105 cm³/mol. The molecule has 0 aliphatic heterocycles. The maximum atomic E-state index is 13.1. The van der Waals surface area contributed by atoms with Gasteiger partial charge in [-0.3, -0.25) is 15.1 Å². The number of anilines is 1. The van der Waals surface area contributed by atoms with Crippen molar-refractivity contribution in [3.05, 3.63) is 46.1 Å². The molecule has 4 rings (SSSR count). The third-order valence-electron chi connectivity index (χ3n) is 5.14. The Bertz CT molecular complexity index is 962. The highest BCUT2D eigenvalue weighted by Gasteiger charge is 2.24. The van der Waals surface area contributed by atoms with Crippen molar-refractivity contribution in [2.45, 2.75) is 51.9 Å². The average Bonchev–Trinajstić information content (AvgIpc) is 3.30. The molecule has 0 saturated heterocycles. The number of aryl methyl sites for hydroxylation is 1. The molecule has 26 heavy (non-hydrogen) atoms. The molecule has 6 heteroatoms. The van der Waals surface area contributed by atoms with Gasteiger partial charge in [-0.15, -0.1) is 10.2 Å². The molecular formula is C20H22N4OS. The van der Waals surface area contributed by atoms with Crippen molar-refractivity contribution < 1.29 is 4.79 Å². The second-order valence-corrected chi connectivity index (χ2v) is 7.70. The van der Waals surface area contributed by atoms with E-state index in [1.165, 1.54) is 11.3 Å². The minimum Gasteiger partial charge on any atom is -0.296 e. The molecular weight excluding hydrogens is 344 g/mol. The van der Waals surface area contributed by atoms with Gasteiger partial charge in [0.25, 0.3) is 5.91 Å². The van der Waals surface area contributed by atoms with E-state index in [9.17, 15) is 4.79 Å². The van der Waals surface area contributed by atoms with E-state index in [2.05, 4.69) is 29.4 Å². The van der Waals surface area contributed by atoms with Gasteiger partial charge in [-0.2, -0.15) is 0 Å². The van der Waals surface area contributed by atoms with Gasteiger partial charge in [0, 0.05) is 17.0 Å². The third kappa shape index (κ3) is 2.98. The molecule has 134 valence electrons. The van der Waals surface area contributed by atoms with Gasteiger partial charge in [0.2, 0.25) is 5.13 Å². The van der Waals surface area contributed by atoms with Crippen molar-refractivity contribution in [2.75, 3.05) is 5.32 Å². The normalized spacial score (nSPS) is 13.3. The van der Waals surface area contributed by atoms with E-state index in [1.54, 1.807) is 0 Å². The monoisotopic (exact) mass is 366 g/mol. The first-order chi connectivity index (χ1) is 12.7. The van der Waals surface area contributed by atoms with E-state index in [0.717, 1.165) is 64.8 Å². The van der Waals surface area contributed by atoms with Crippen molar-refractivity contribution in [3.63, 3.8) is 0 Å². The highest BCUT2D eigenvalue weighted by molar-refractivity contribution is 7.15.